The number of nitrogens with zero attached hydrogens (tertiary/aromatic N) is 2. The lowest BCUT2D eigenvalue weighted by Crippen LogP contribution is -2.41. The smallest absolute Gasteiger partial charge is 0.192 e. The molecule has 5 nitrogen and oxygen atoms in total. The molecule has 0 aromatic heterocycles. The molecule has 2 aliphatic heterocycles. The molecule has 0 saturated carbocycles. The zero-order valence-electron chi connectivity index (χ0n) is 12.1. The molecule has 1 saturated heterocycles. The summed E-state index contributed by atoms with van der Waals surface area (Å²) in [6.07, 6.45) is 2.46. The molecule has 1 aromatic rings. The van der Waals surface area contributed by atoms with Crippen LogP contribution in [0.25, 0.3) is 0 Å². The maximum atomic E-state index is 6.08. The first-order valence-electron chi connectivity index (χ1n) is 7.20. The van der Waals surface area contributed by atoms with Gasteiger partial charge in [-0.1, -0.05) is 15.9 Å². The maximum Gasteiger partial charge on any atom is 0.192 e. The van der Waals surface area contributed by atoms with Crippen molar-refractivity contribution in [3.8, 4) is 5.75 Å². The number of guanidine groups is 1. The Kier molecular flexibility index (Phi) is 4.35. The number of methoxy groups -OCH3 is 1. The Hall–Kier alpha value is -1.27. The zero-order chi connectivity index (χ0) is 14.8. The molecule has 2 N–H and O–H groups in total. The van der Waals surface area contributed by atoms with E-state index < -0.39 is 0 Å². The quantitative estimate of drug-likeness (QED) is 0.902. The molecule has 2 heterocycles. The highest BCUT2D eigenvalue weighted by atomic mass is 79.9. The number of aliphatic imine (C=N–C) groups is 1. The lowest BCUT2D eigenvalue weighted by molar-refractivity contribution is 0.0850. The minimum absolute atomic E-state index is 0.113. The molecule has 6 heteroatoms. The van der Waals surface area contributed by atoms with Crippen LogP contribution in [0.4, 0.5) is 0 Å². The predicted octanol–water partition coefficient (Wildman–Crippen LogP) is 2.31. The second kappa shape index (κ2) is 6.23. The van der Waals surface area contributed by atoms with Crippen LogP contribution in [0.3, 0.4) is 0 Å². The fraction of sp³-hybridized carbons (Fsp3) is 0.533. The van der Waals surface area contributed by atoms with Crippen LogP contribution in [0.2, 0.25) is 0 Å². The van der Waals surface area contributed by atoms with Crippen molar-refractivity contribution >= 4 is 21.9 Å². The molecule has 0 aliphatic carbocycles. The van der Waals surface area contributed by atoms with Crippen molar-refractivity contribution in [3.63, 3.8) is 0 Å². The average molecular weight is 354 g/mol. The topological polar surface area (TPSA) is 60.1 Å². The number of nitrogens with two attached hydrogens (primary N) is 1. The number of hydrogen-bond acceptors (Lipinski definition) is 5. The van der Waals surface area contributed by atoms with E-state index in [1.807, 2.05) is 12.1 Å². The SMILES string of the molecule is COc1ccc(Br)cc1C1CN=C(N)N1CC1CCCO1. The van der Waals surface area contributed by atoms with E-state index >= 15 is 0 Å². The summed E-state index contributed by atoms with van der Waals surface area (Å²) >= 11 is 3.53. The Balaban J connectivity index is 1.84. The van der Waals surface area contributed by atoms with Gasteiger partial charge in [0.25, 0.3) is 0 Å². The van der Waals surface area contributed by atoms with E-state index in [1.54, 1.807) is 7.11 Å². The molecule has 1 fully saturated rings. The van der Waals surface area contributed by atoms with Crippen LogP contribution in [0, 0.1) is 0 Å². The van der Waals surface area contributed by atoms with E-state index in [9.17, 15) is 0 Å². The molecular formula is C15H20BrN3O2. The minimum Gasteiger partial charge on any atom is -0.496 e. The number of hydrogen-bond donors (Lipinski definition) is 1. The standard InChI is InChI=1S/C15H20BrN3O2/c1-20-14-5-4-10(16)7-12(14)13-8-18-15(17)19(13)9-11-3-2-6-21-11/h4-5,7,11,13H,2-3,6,8-9H2,1H3,(H2,17,18). The summed E-state index contributed by atoms with van der Waals surface area (Å²) in [5, 5.41) is 0. The molecule has 0 radical (unpaired) electrons. The van der Waals surface area contributed by atoms with Crippen molar-refractivity contribution in [1.29, 1.82) is 0 Å². The minimum atomic E-state index is 0.113. The van der Waals surface area contributed by atoms with Crippen molar-refractivity contribution in [2.45, 2.75) is 25.0 Å². The van der Waals surface area contributed by atoms with E-state index in [0.29, 0.717) is 12.5 Å². The van der Waals surface area contributed by atoms with Crippen LogP contribution in [-0.4, -0.2) is 43.8 Å². The van der Waals surface area contributed by atoms with E-state index in [2.05, 4.69) is 31.9 Å². The molecule has 21 heavy (non-hydrogen) atoms. The molecule has 0 bridgehead atoms. The van der Waals surface area contributed by atoms with Gasteiger partial charge in [-0.05, 0) is 31.0 Å². The van der Waals surface area contributed by atoms with Crippen molar-refractivity contribution in [1.82, 2.24) is 4.90 Å². The molecule has 2 aliphatic rings. The third-order valence-corrected chi connectivity index (χ3v) is 4.57. The van der Waals surface area contributed by atoms with E-state index in [1.165, 1.54) is 0 Å². The average Bonchev–Trinajstić information content (AvgIpc) is 3.11. The zero-order valence-corrected chi connectivity index (χ0v) is 13.7. The van der Waals surface area contributed by atoms with Crippen LogP contribution in [-0.2, 0) is 4.74 Å². The Morgan fingerprint density at radius 2 is 2.38 bits per heavy atom. The Labute approximate surface area is 133 Å². The van der Waals surface area contributed by atoms with Crippen molar-refractivity contribution < 1.29 is 9.47 Å². The lowest BCUT2D eigenvalue weighted by Gasteiger charge is -2.29. The van der Waals surface area contributed by atoms with Gasteiger partial charge >= 0.3 is 0 Å². The van der Waals surface area contributed by atoms with Gasteiger partial charge in [-0.25, -0.2) is 0 Å². The first-order valence-corrected chi connectivity index (χ1v) is 8.00. The normalized spacial score (nSPS) is 25.2. The summed E-state index contributed by atoms with van der Waals surface area (Å²) in [6, 6.07) is 6.14. The van der Waals surface area contributed by atoms with Crippen molar-refractivity contribution in [2.24, 2.45) is 10.7 Å². The van der Waals surface area contributed by atoms with Crippen molar-refractivity contribution in [3.05, 3.63) is 28.2 Å². The third kappa shape index (κ3) is 3.01. The van der Waals surface area contributed by atoms with Gasteiger partial charge in [-0.2, -0.15) is 0 Å². The second-order valence-electron chi connectivity index (χ2n) is 5.39. The molecule has 114 valence electrons. The Morgan fingerprint density at radius 1 is 1.52 bits per heavy atom. The second-order valence-corrected chi connectivity index (χ2v) is 6.30. The van der Waals surface area contributed by atoms with Gasteiger partial charge in [-0.3, -0.25) is 4.99 Å². The lowest BCUT2D eigenvalue weighted by atomic mass is 10.0. The summed E-state index contributed by atoms with van der Waals surface area (Å²) in [5.74, 6) is 1.46. The third-order valence-electron chi connectivity index (χ3n) is 4.07. The summed E-state index contributed by atoms with van der Waals surface area (Å²) in [4.78, 5) is 6.56. The molecule has 3 rings (SSSR count). The number of rotatable bonds is 4. The van der Waals surface area contributed by atoms with Gasteiger partial charge in [0.05, 0.1) is 25.8 Å². The van der Waals surface area contributed by atoms with E-state index in [0.717, 1.165) is 41.8 Å². The first-order chi connectivity index (χ1) is 10.2. The fourth-order valence-electron chi connectivity index (χ4n) is 2.99. The summed E-state index contributed by atoms with van der Waals surface area (Å²) in [6.45, 7) is 2.29. The van der Waals surface area contributed by atoms with Crippen LogP contribution in [0.5, 0.6) is 5.75 Å². The predicted molar refractivity (Wildman–Crippen MR) is 85.6 cm³/mol. The number of ether oxygens (including phenoxy) is 2. The fourth-order valence-corrected chi connectivity index (χ4v) is 3.37. The molecule has 0 amide bonds. The van der Waals surface area contributed by atoms with Crippen LogP contribution >= 0.6 is 15.9 Å². The number of halogens is 1. The van der Waals surface area contributed by atoms with Crippen LogP contribution in [0.15, 0.2) is 27.7 Å². The highest BCUT2D eigenvalue weighted by molar-refractivity contribution is 9.10. The van der Waals surface area contributed by atoms with Crippen LogP contribution in [0.1, 0.15) is 24.4 Å². The van der Waals surface area contributed by atoms with Gasteiger partial charge in [0, 0.05) is 23.2 Å². The highest BCUT2D eigenvalue weighted by Crippen LogP contribution is 2.35. The van der Waals surface area contributed by atoms with Gasteiger partial charge < -0.3 is 20.1 Å². The van der Waals surface area contributed by atoms with Crippen molar-refractivity contribution in [2.75, 3.05) is 26.8 Å². The van der Waals surface area contributed by atoms with Crippen LogP contribution < -0.4 is 10.5 Å². The Morgan fingerprint density at radius 3 is 3.10 bits per heavy atom. The van der Waals surface area contributed by atoms with Gasteiger partial charge in [0.15, 0.2) is 5.96 Å². The monoisotopic (exact) mass is 353 g/mol. The molecule has 2 unspecified atom stereocenters. The van der Waals surface area contributed by atoms with E-state index in [-0.39, 0.29) is 12.1 Å². The van der Waals surface area contributed by atoms with Gasteiger partial charge in [-0.15, -0.1) is 0 Å². The molecule has 1 aromatic carbocycles. The largest absolute Gasteiger partial charge is 0.496 e. The molecular weight excluding hydrogens is 334 g/mol. The number of benzene rings is 1. The maximum absolute atomic E-state index is 6.08. The highest BCUT2D eigenvalue weighted by Gasteiger charge is 2.32. The van der Waals surface area contributed by atoms with E-state index in [4.69, 9.17) is 15.2 Å². The van der Waals surface area contributed by atoms with Gasteiger partial charge in [0.1, 0.15) is 5.75 Å². The summed E-state index contributed by atoms with van der Waals surface area (Å²) in [7, 11) is 1.69. The summed E-state index contributed by atoms with van der Waals surface area (Å²) in [5.41, 5.74) is 7.19. The van der Waals surface area contributed by atoms with Gasteiger partial charge in [0.2, 0.25) is 0 Å². The molecule has 2 atom stereocenters. The first kappa shape index (κ1) is 14.7. The molecule has 0 spiro atoms. The summed E-state index contributed by atoms with van der Waals surface area (Å²) < 4.78 is 12.3. The Bertz CT molecular complexity index is 544.